The van der Waals surface area contributed by atoms with Crippen LogP contribution in [0.15, 0.2) is 45.6 Å². The topological polar surface area (TPSA) is 69.9 Å². The molecule has 3 aliphatic rings. The van der Waals surface area contributed by atoms with Gasteiger partial charge in [-0.05, 0) is 38.2 Å². The van der Waals surface area contributed by atoms with E-state index in [1.807, 2.05) is 38.1 Å². The van der Waals surface area contributed by atoms with Crippen molar-refractivity contribution in [3.63, 3.8) is 0 Å². The van der Waals surface area contributed by atoms with Gasteiger partial charge in [0.2, 0.25) is 5.91 Å². The molecule has 8 heteroatoms. The van der Waals surface area contributed by atoms with E-state index in [1.165, 1.54) is 0 Å². The van der Waals surface area contributed by atoms with Crippen LogP contribution in [0.4, 0.5) is 5.69 Å². The Morgan fingerprint density at radius 3 is 2.96 bits per heavy atom. The first-order chi connectivity index (χ1) is 13.0. The molecule has 27 heavy (non-hydrogen) atoms. The van der Waals surface area contributed by atoms with Crippen LogP contribution in [0.5, 0.6) is 0 Å². The van der Waals surface area contributed by atoms with Gasteiger partial charge >= 0.3 is 0 Å². The van der Waals surface area contributed by atoms with E-state index in [9.17, 15) is 4.79 Å². The number of hydrogen-bond donors (Lipinski definition) is 0. The summed E-state index contributed by atoms with van der Waals surface area (Å²) in [6.45, 7) is 3.15. The molecule has 140 valence electrons. The van der Waals surface area contributed by atoms with Crippen molar-refractivity contribution in [3.8, 4) is 0 Å². The third-order valence-electron chi connectivity index (χ3n) is 4.77. The molecule has 1 aromatic rings. The highest BCUT2D eigenvalue weighted by molar-refractivity contribution is 6.62. The molecule has 4 rings (SSSR count). The largest absolute Gasteiger partial charge is 0.394 e. The minimum atomic E-state index is -0.392. The predicted octanol–water partition coefficient (Wildman–Crippen LogP) is 2.56. The van der Waals surface area contributed by atoms with Gasteiger partial charge in [-0.2, -0.15) is 0 Å². The van der Waals surface area contributed by atoms with Crippen LogP contribution in [-0.2, 0) is 9.63 Å². The van der Waals surface area contributed by atoms with Crippen molar-refractivity contribution < 1.29 is 9.63 Å². The van der Waals surface area contributed by atoms with Crippen LogP contribution in [0, 0.1) is 11.8 Å². The van der Waals surface area contributed by atoms with Crippen LogP contribution < -0.4 is 4.90 Å². The molecule has 0 aromatic heterocycles. The van der Waals surface area contributed by atoms with Crippen LogP contribution in [0.1, 0.15) is 12.5 Å². The molecule has 0 spiro atoms. The summed E-state index contributed by atoms with van der Waals surface area (Å²) in [6, 6.07) is 5.36. The highest BCUT2D eigenvalue weighted by atomic mass is 35.5. The highest BCUT2D eigenvalue weighted by Gasteiger charge is 2.46. The number of carbonyl (C=O) groups excluding carboxylic acids is 1. The first-order valence-electron chi connectivity index (χ1n) is 8.79. The van der Waals surface area contributed by atoms with E-state index in [1.54, 1.807) is 23.2 Å². The zero-order valence-corrected chi connectivity index (χ0v) is 16.1. The smallest absolute Gasteiger partial charge is 0.244 e. The summed E-state index contributed by atoms with van der Waals surface area (Å²) in [5, 5.41) is 4.85. The number of amidine groups is 2. The maximum Gasteiger partial charge on any atom is 0.244 e. The minimum absolute atomic E-state index is 0.0309. The van der Waals surface area contributed by atoms with E-state index in [2.05, 4.69) is 15.1 Å². The van der Waals surface area contributed by atoms with E-state index >= 15 is 0 Å². The number of allylic oxidation sites excluding steroid dienone is 1. The van der Waals surface area contributed by atoms with Gasteiger partial charge in [-0.3, -0.25) is 9.69 Å². The van der Waals surface area contributed by atoms with Crippen LogP contribution in [0.25, 0.3) is 0 Å². The van der Waals surface area contributed by atoms with Gasteiger partial charge in [0.05, 0.1) is 5.69 Å². The number of benzene rings is 1. The van der Waals surface area contributed by atoms with Crippen molar-refractivity contribution in [2.45, 2.75) is 6.92 Å². The minimum Gasteiger partial charge on any atom is -0.394 e. The van der Waals surface area contributed by atoms with Crippen LogP contribution in [0.3, 0.4) is 0 Å². The molecule has 2 unspecified atom stereocenters. The zero-order chi connectivity index (χ0) is 19.1. The summed E-state index contributed by atoms with van der Waals surface area (Å²) in [6.07, 6.45) is 3.62. The Balaban J connectivity index is 1.78. The van der Waals surface area contributed by atoms with E-state index < -0.39 is 5.92 Å². The maximum absolute atomic E-state index is 13.3. The van der Waals surface area contributed by atoms with E-state index in [0.29, 0.717) is 29.0 Å². The number of halogens is 1. The van der Waals surface area contributed by atoms with Gasteiger partial charge < -0.3 is 9.74 Å². The molecule has 0 fully saturated rings. The van der Waals surface area contributed by atoms with Crippen molar-refractivity contribution in [1.29, 1.82) is 0 Å². The second-order valence-corrected chi connectivity index (χ2v) is 7.45. The number of fused-ring (bicyclic) bond motifs is 4. The number of rotatable bonds is 4. The third kappa shape index (κ3) is 3.07. The summed E-state index contributed by atoms with van der Waals surface area (Å²) in [5.74, 6) is 0.540. The number of nitrogens with zero attached hydrogens (tertiary/aromatic N) is 5. The first kappa shape index (κ1) is 17.9. The number of oxime groups is 1. The lowest BCUT2D eigenvalue weighted by Crippen LogP contribution is -2.49. The fraction of sp³-hybridized carbons (Fsp3) is 0.368. The lowest BCUT2D eigenvalue weighted by Gasteiger charge is -2.31. The highest BCUT2D eigenvalue weighted by Crippen LogP contribution is 2.38. The van der Waals surface area contributed by atoms with Gasteiger partial charge in [-0.15, -0.1) is 0 Å². The number of carbonyl (C=O) groups is 1. The van der Waals surface area contributed by atoms with Crippen molar-refractivity contribution in [3.05, 3.63) is 41.1 Å². The van der Waals surface area contributed by atoms with Crippen molar-refractivity contribution in [2.24, 2.45) is 27.0 Å². The summed E-state index contributed by atoms with van der Waals surface area (Å²) in [5.41, 5.74) is 1.96. The van der Waals surface area contributed by atoms with Crippen molar-refractivity contribution in [2.75, 3.05) is 32.1 Å². The molecule has 0 saturated heterocycles. The second kappa shape index (κ2) is 6.90. The number of likely N-dealkylation sites (N-methyl/N-ethyl adjacent to an activating group) is 1. The Labute approximate surface area is 162 Å². The van der Waals surface area contributed by atoms with Crippen LogP contribution >= 0.6 is 11.6 Å². The summed E-state index contributed by atoms with van der Waals surface area (Å²) < 4.78 is 0. The number of aliphatic imine (C=N–C) groups is 2. The average molecular weight is 386 g/mol. The molecule has 0 radical (unpaired) electrons. The van der Waals surface area contributed by atoms with Crippen LogP contribution in [-0.4, -0.2) is 55.4 Å². The molecule has 0 N–H and O–H groups in total. The van der Waals surface area contributed by atoms with Crippen molar-refractivity contribution >= 4 is 40.6 Å². The molecule has 3 aliphatic heterocycles. The van der Waals surface area contributed by atoms with E-state index in [-0.39, 0.29) is 11.8 Å². The second-order valence-electron chi connectivity index (χ2n) is 7.01. The standard InChI is InChI=1S/C19H20ClN5O2/c1-11-6-7-21-17-15(11)19(26)25-14-5-4-12(20)10-13(14)16(18(25)22-17)23-27-9-8-24(2)3/h4-7,10-11,15H,8-9H2,1-3H3/b23-16+. The Kier molecular flexibility index (Phi) is 4.57. The Morgan fingerprint density at radius 2 is 2.19 bits per heavy atom. The summed E-state index contributed by atoms with van der Waals surface area (Å²) >= 11 is 6.19. The molecule has 0 saturated carbocycles. The van der Waals surface area contributed by atoms with Crippen molar-refractivity contribution in [1.82, 2.24) is 4.90 Å². The normalized spacial score (nSPS) is 24.6. The predicted molar refractivity (Wildman–Crippen MR) is 107 cm³/mol. The SMILES string of the molecule is CC1C=CN=C2N=C3/C(=N/OCCN(C)C)c4cc(Cl)ccc4N3C(=O)C21. The Hall–Kier alpha value is -2.51. The number of amides is 1. The summed E-state index contributed by atoms with van der Waals surface area (Å²) in [7, 11) is 3.92. The third-order valence-corrected chi connectivity index (χ3v) is 5.01. The molecular weight excluding hydrogens is 366 g/mol. The fourth-order valence-corrected chi connectivity index (χ4v) is 3.52. The average Bonchev–Trinajstić information content (AvgIpc) is 2.91. The van der Waals surface area contributed by atoms with Gasteiger partial charge in [0, 0.05) is 23.3 Å². The lowest BCUT2D eigenvalue weighted by molar-refractivity contribution is -0.120. The zero-order valence-electron chi connectivity index (χ0n) is 15.4. The first-order valence-corrected chi connectivity index (χ1v) is 9.17. The summed E-state index contributed by atoms with van der Waals surface area (Å²) in [4.78, 5) is 31.4. The molecule has 0 bridgehead atoms. The maximum atomic E-state index is 13.3. The Bertz CT molecular complexity index is 919. The van der Waals surface area contributed by atoms with Crippen LogP contribution in [0.2, 0.25) is 5.02 Å². The lowest BCUT2D eigenvalue weighted by atomic mass is 9.88. The molecule has 1 amide bonds. The molecule has 7 nitrogen and oxygen atoms in total. The molecule has 1 aromatic carbocycles. The number of hydrogen-bond acceptors (Lipinski definition) is 6. The van der Waals surface area contributed by atoms with Gasteiger partial charge in [0.25, 0.3) is 0 Å². The Morgan fingerprint density at radius 1 is 1.37 bits per heavy atom. The van der Waals surface area contributed by atoms with Gasteiger partial charge in [-0.1, -0.05) is 29.8 Å². The molecule has 0 aliphatic carbocycles. The molecular formula is C19H20ClN5O2. The van der Waals surface area contributed by atoms with Gasteiger partial charge in [-0.25, -0.2) is 9.98 Å². The quantitative estimate of drug-likeness (QED) is 0.590. The fourth-order valence-electron chi connectivity index (χ4n) is 3.35. The monoisotopic (exact) mass is 385 g/mol. The van der Waals surface area contributed by atoms with E-state index in [4.69, 9.17) is 16.4 Å². The number of anilines is 1. The van der Waals surface area contributed by atoms with E-state index in [0.717, 1.165) is 17.8 Å². The van der Waals surface area contributed by atoms with Gasteiger partial charge in [0.1, 0.15) is 18.4 Å². The molecule has 2 atom stereocenters. The van der Waals surface area contributed by atoms with Gasteiger partial charge in [0.15, 0.2) is 11.5 Å². The molecule has 3 heterocycles.